The van der Waals surface area contributed by atoms with Crippen LogP contribution in [0.4, 0.5) is 0 Å². The van der Waals surface area contributed by atoms with E-state index >= 15 is 0 Å². The molecular formula is C12H18ClOP. The molecule has 0 fully saturated rings. The first-order valence-electron chi connectivity index (χ1n) is 5.26. The highest BCUT2D eigenvalue weighted by Crippen LogP contribution is 2.44. The number of hydrogen-bond donors (Lipinski definition) is 0. The van der Waals surface area contributed by atoms with Crippen molar-refractivity contribution in [2.45, 2.75) is 27.2 Å². The van der Waals surface area contributed by atoms with Gasteiger partial charge < -0.3 is 4.52 Å². The summed E-state index contributed by atoms with van der Waals surface area (Å²) in [5.74, 6) is 1.58. The Morgan fingerprint density at radius 2 is 2.13 bits per heavy atom. The Kier molecular flexibility index (Phi) is 5.42. The Labute approximate surface area is 98.4 Å². The molecule has 0 aliphatic rings. The number of benzene rings is 1. The molecule has 15 heavy (non-hydrogen) atoms. The van der Waals surface area contributed by atoms with Crippen LogP contribution in [-0.4, -0.2) is 6.16 Å². The lowest BCUT2D eigenvalue weighted by molar-refractivity contribution is 0.593. The lowest BCUT2D eigenvalue weighted by atomic mass is 10.2. The molecule has 1 aromatic carbocycles. The van der Waals surface area contributed by atoms with Gasteiger partial charge in [-0.2, -0.15) is 0 Å². The second kappa shape index (κ2) is 6.35. The second-order valence-corrected chi connectivity index (χ2v) is 6.53. The molecular weight excluding hydrogens is 227 g/mol. The molecule has 0 heterocycles. The summed E-state index contributed by atoms with van der Waals surface area (Å²) in [5, 5.41) is 0. The maximum atomic E-state index is 6.15. The lowest BCUT2D eigenvalue weighted by Gasteiger charge is -2.13. The molecule has 1 atom stereocenters. The summed E-state index contributed by atoms with van der Waals surface area (Å²) < 4.78 is 5.68. The molecule has 0 saturated carbocycles. The van der Waals surface area contributed by atoms with E-state index in [1.54, 1.807) is 0 Å². The van der Waals surface area contributed by atoms with Gasteiger partial charge in [-0.15, -0.1) is 0 Å². The van der Waals surface area contributed by atoms with Crippen molar-refractivity contribution in [3.63, 3.8) is 0 Å². The van der Waals surface area contributed by atoms with E-state index in [0.29, 0.717) is 5.92 Å². The Morgan fingerprint density at radius 1 is 1.40 bits per heavy atom. The molecule has 0 saturated heterocycles. The van der Waals surface area contributed by atoms with Crippen molar-refractivity contribution in [3.05, 3.63) is 29.8 Å². The average Bonchev–Trinajstić information content (AvgIpc) is 2.15. The highest BCUT2D eigenvalue weighted by molar-refractivity contribution is 7.80. The summed E-state index contributed by atoms with van der Waals surface area (Å²) in [7, 11) is -0.830. The van der Waals surface area contributed by atoms with Crippen molar-refractivity contribution in [1.29, 1.82) is 0 Å². The van der Waals surface area contributed by atoms with Crippen LogP contribution < -0.4 is 4.52 Å². The molecule has 0 aromatic heterocycles. The quantitative estimate of drug-likeness (QED) is 0.665. The van der Waals surface area contributed by atoms with Crippen LogP contribution in [0.5, 0.6) is 5.75 Å². The van der Waals surface area contributed by atoms with Crippen LogP contribution in [0.2, 0.25) is 0 Å². The zero-order valence-electron chi connectivity index (χ0n) is 9.53. The first-order chi connectivity index (χ1) is 7.08. The van der Waals surface area contributed by atoms with Crippen molar-refractivity contribution in [2.24, 2.45) is 5.92 Å². The Morgan fingerprint density at radius 3 is 2.73 bits per heavy atom. The first kappa shape index (κ1) is 12.8. The third-order valence-electron chi connectivity index (χ3n) is 2.08. The molecule has 1 unspecified atom stereocenters. The zero-order chi connectivity index (χ0) is 11.3. The standard InChI is InChI=1S/C12H18ClOP/c1-10(2)7-8-15(13)14-12-6-4-5-11(3)9-12/h4-6,9-10H,7-8H2,1-3H3. The Hall–Kier alpha value is -0.260. The number of halogens is 1. The molecule has 0 aliphatic carbocycles. The fraction of sp³-hybridized carbons (Fsp3) is 0.500. The van der Waals surface area contributed by atoms with Crippen LogP contribution in [0.25, 0.3) is 0 Å². The molecule has 0 N–H and O–H groups in total. The Balaban J connectivity index is 2.40. The van der Waals surface area contributed by atoms with Crippen molar-refractivity contribution >= 4 is 18.7 Å². The molecule has 1 aromatic rings. The summed E-state index contributed by atoms with van der Waals surface area (Å²) in [5.41, 5.74) is 1.21. The third-order valence-corrected chi connectivity index (χ3v) is 3.81. The van der Waals surface area contributed by atoms with Crippen LogP contribution in [0.1, 0.15) is 25.8 Å². The summed E-state index contributed by atoms with van der Waals surface area (Å²) in [6.07, 6.45) is 2.09. The predicted molar refractivity (Wildman–Crippen MR) is 68.9 cm³/mol. The van der Waals surface area contributed by atoms with Crippen molar-refractivity contribution in [2.75, 3.05) is 6.16 Å². The van der Waals surface area contributed by atoms with E-state index in [-0.39, 0.29) is 0 Å². The minimum atomic E-state index is -0.830. The molecule has 0 bridgehead atoms. The normalized spacial score (nSPS) is 12.9. The highest BCUT2D eigenvalue weighted by atomic mass is 35.7. The summed E-state index contributed by atoms with van der Waals surface area (Å²) in [6.45, 7) is 6.46. The van der Waals surface area contributed by atoms with Gasteiger partial charge in [-0.05, 0) is 48.2 Å². The van der Waals surface area contributed by atoms with Gasteiger partial charge in [0.2, 0.25) is 0 Å². The van der Waals surface area contributed by atoms with E-state index in [9.17, 15) is 0 Å². The van der Waals surface area contributed by atoms with E-state index in [1.807, 2.05) is 18.2 Å². The van der Waals surface area contributed by atoms with Crippen molar-refractivity contribution in [1.82, 2.24) is 0 Å². The monoisotopic (exact) mass is 244 g/mol. The van der Waals surface area contributed by atoms with Crippen molar-refractivity contribution < 1.29 is 4.52 Å². The molecule has 1 nitrogen and oxygen atoms in total. The zero-order valence-corrected chi connectivity index (χ0v) is 11.2. The predicted octanol–water partition coefficient (Wildman–Crippen LogP) is 4.97. The van der Waals surface area contributed by atoms with Gasteiger partial charge in [0.25, 0.3) is 0 Å². The SMILES string of the molecule is Cc1cccc(OP(Cl)CCC(C)C)c1. The van der Waals surface area contributed by atoms with E-state index in [2.05, 4.69) is 26.8 Å². The van der Waals surface area contributed by atoms with E-state index < -0.39 is 7.50 Å². The third kappa shape index (κ3) is 5.39. The van der Waals surface area contributed by atoms with E-state index in [1.165, 1.54) is 5.56 Å². The maximum absolute atomic E-state index is 6.15. The molecule has 0 amide bonds. The number of aryl methyl sites for hydroxylation is 1. The van der Waals surface area contributed by atoms with Crippen LogP contribution in [0.3, 0.4) is 0 Å². The summed E-state index contributed by atoms with van der Waals surface area (Å²) in [6, 6.07) is 8.03. The van der Waals surface area contributed by atoms with Gasteiger partial charge in [-0.3, -0.25) is 0 Å². The second-order valence-electron chi connectivity index (χ2n) is 4.13. The van der Waals surface area contributed by atoms with Gasteiger partial charge in [0.15, 0.2) is 7.50 Å². The Bertz CT molecular complexity index is 301. The smallest absolute Gasteiger partial charge is 0.182 e. The van der Waals surface area contributed by atoms with Crippen LogP contribution in [-0.2, 0) is 0 Å². The van der Waals surface area contributed by atoms with E-state index in [0.717, 1.165) is 18.3 Å². The summed E-state index contributed by atoms with van der Waals surface area (Å²) in [4.78, 5) is 0. The van der Waals surface area contributed by atoms with Gasteiger partial charge in [0, 0.05) is 6.16 Å². The van der Waals surface area contributed by atoms with Gasteiger partial charge in [0.1, 0.15) is 5.75 Å². The maximum Gasteiger partial charge on any atom is 0.182 e. The molecule has 84 valence electrons. The topological polar surface area (TPSA) is 9.23 Å². The molecule has 0 spiro atoms. The first-order valence-corrected chi connectivity index (χ1v) is 7.61. The largest absolute Gasteiger partial charge is 0.458 e. The van der Waals surface area contributed by atoms with Gasteiger partial charge >= 0.3 is 0 Å². The summed E-state index contributed by atoms with van der Waals surface area (Å²) >= 11 is 6.15. The van der Waals surface area contributed by atoms with Gasteiger partial charge in [-0.25, -0.2) is 0 Å². The minimum absolute atomic E-state index is 0.690. The molecule has 1 rings (SSSR count). The number of hydrogen-bond acceptors (Lipinski definition) is 1. The highest BCUT2D eigenvalue weighted by Gasteiger charge is 2.08. The van der Waals surface area contributed by atoms with Crippen molar-refractivity contribution in [3.8, 4) is 5.75 Å². The van der Waals surface area contributed by atoms with Gasteiger partial charge in [-0.1, -0.05) is 26.0 Å². The lowest BCUT2D eigenvalue weighted by Crippen LogP contribution is -1.93. The minimum Gasteiger partial charge on any atom is -0.458 e. The fourth-order valence-electron chi connectivity index (χ4n) is 1.19. The number of rotatable bonds is 5. The van der Waals surface area contributed by atoms with Gasteiger partial charge in [0.05, 0.1) is 0 Å². The van der Waals surface area contributed by atoms with Crippen LogP contribution in [0, 0.1) is 12.8 Å². The molecule has 0 radical (unpaired) electrons. The van der Waals surface area contributed by atoms with E-state index in [4.69, 9.17) is 15.8 Å². The average molecular weight is 245 g/mol. The van der Waals surface area contributed by atoms with Crippen LogP contribution in [0.15, 0.2) is 24.3 Å². The fourth-order valence-corrected chi connectivity index (χ4v) is 2.88. The van der Waals surface area contributed by atoms with Crippen LogP contribution >= 0.6 is 18.7 Å². The molecule has 3 heteroatoms. The molecule has 0 aliphatic heterocycles.